The Hall–Kier alpha value is -3.22. The van der Waals surface area contributed by atoms with E-state index in [2.05, 4.69) is 5.10 Å². The predicted molar refractivity (Wildman–Crippen MR) is 100 cm³/mol. The maximum atomic E-state index is 13.9. The number of rotatable bonds is 3. The summed E-state index contributed by atoms with van der Waals surface area (Å²) in [6.45, 7) is 2.09. The highest BCUT2D eigenvalue weighted by molar-refractivity contribution is 5.95. The molecule has 3 aromatic carbocycles. The van der Waals surface area contributed by atoms with E-state index in [9.17, 15) is 22.0 Å². The van der Waals surface area contributed by atoms with E-state index in [1.165, 1.54) is 22.9 Å². The van der Waals surface area contributed by atoms with Gasteiger partial charge in [-0.25, -0.2) is 8.78 Å². The van der Waals surface area contributed by atoms with Crippen molar-refractivity contribution in [3.63, 3.8) is 0 Å². The molecule has 0 aliphatic carbocycles. The maximum Gasteiger partial charge on any atom is 0.418 e. The Morgan fingerprint density at radius 3 is 2.34 bits per heavy atom. The van der Waals surface area contributed by atoms with Crippen LogP contribution in [0.5, 0.6) is 0 Å². The third-order valence-electron chi connectivity index (χ3n) is 4.68. The molecule has 7 heteroatoms. The van der Waals surface area contributed by atoms with Gasteiger partial charge in [0.1, 0.15) is 5.52 Å². The number of benzene rings is 3. The van der Waals surface area contributed by atoms with Crippen LogP contribution >= 0.6 is 0 Å². The standard InChI is InChI=1S/C22H15F5N2/c1-13-4-2-5-14(10-13)12-29-21(15-8-9-18(23)19(24)11-15)16-6-3-7-17(20(16)28-29)22(25,26)27/h2-11H,12H2,1H3. The summed E-state index contributed by atoms with van der Waals surface area (Å²) in [6.07, 6.45) is -4.59. The van der Waals surface area contributed by atoms with E-state index in [1.807, 2.05) is 31.2 Å². The first-order valence-electron chi connectivity index (χ1n) is 8.82. The van der Waals surface area contributed by atoms with Crippen LogP contribution in [0.25, 0.3) is 22.2 Å². The Morgan fingerprint density at radius 2 is 1.66 bits per heavy atom. The fourth-order valence-corrected chi connectivity index (χ4v) is 3.43. The quantitative estimate of drug-likeness (QED) is 0.365. The van der Waals surface area contributed by atoms with E-state index >= 15 is 0 Å². The van der Waals surface area contributed by atoms with Gasteiger partial charge in [-0.2, -0.15) is 18.3 Å². The van der Waals surface area contributed by atoms with Crippen molar-refractivity contribution in [1.29, 1.82) is 0 Å². The first kappa shape index (κ1) is 19.1. The molecule has 0 bridgehead atoms. The lowest BCUT2D eigenvalue weighted by molar-refractivity contribution is -0.136. The van der Waals surface area contributed by atoms with Crippen LogP contribution in [0.3, 0.4) is 0 Å². The minimum Gasteiger partial charge on any atom is -0.259 e. The molecule has 4 rings (SSSR count). The number of aryl methyl sites for hydroxylation is 1. The average Bonchev–Trinajstić information content (AvgIpc) is 3.01. The van der Waals surface area contributed by atoms with Crippen LogP contribution in [0.2, 0.25) is 0 Å². The van der Waals surface area contributed by atoms with Gasteiger partial charge in [0.05, 0.1) is 17.8 Å². The van der Waals surface area contributed by atoms with Crippen LogP contribution in [0.15, 0.2) is 60.7 Å². The first-order valence-corrected chi connectivity index (χ1v) is 8.82. The van der Waals surface area contributed by atoms with E-state index in [1.54, 1.807) is 0 Å². The average molecular weight is 402 g/mol. The largest absolute Gasteiger partial charge is 0.418 e. The molecule has 2 nitrogen and oxygen atoms in total. The number of nitrogens with zero attached hydrogens (tertiary/aromatic N) is 2. The van der Waals surface area contributed by atoms with E-state index in [4.69, 9.17) is 0 Å². The van der Waals surface area contributed by atoms with Crippen LogP contribution in [0.1, 0.15) is 16.7 Å². The molecule has 29 heavy (non-hydrogen) atoms. The van der Waals surface area contributed by atoms with Crippen LogP contribution < -0.4 is 0 Å². The molecule has 0 aliphatic rings. The van der Waals surface area contributed by atoms with Crippen LogP contribution in [-0.4, -0.2) is 9.78 Å². The highest BCUT2D eigenvalue weighted by Crippen LogP contribution is 2.38. The van der Waals surface area contributed by atoms with Gasteiger partial charge in [-0.05, 0) is 36.8 Å². The van der Waals surface area contributed by atoms with Gasteiger partial charge in [0.15, 0.2) is 11.6 Å². The topological polar surface area (TPSA) is 17.8 Å². The summed E-state index contributed by atoms with van der Waals surface area (Å²) < 4.78 is 69.2. The maximum absolute atomic E-state index is 13.9. The Bertz CT molecular complexity index is 1210. The lowest BCUT2D eigenvalue weighted by Crippen LogP contribution is -2.07. The molecule has 0 spiro atoms. The number of aromatic nitrogens is 2. The van der Waals surface area contributed by atoms with Crippen LogP contribution in [-0.2, 0) is 12.7 Å². The highest BCUT2D eigenvalue weighted by Gasteiger charge is 2.34. The molecule has 148 valence electrons. The third kappa shape index (κ3) is 3.60. The molecule has 4 aromatic rings. The van der Waals surface area contributed by atoms with Crippen molar-refractivity contribution >= 4 is 10.9 Å². The number of hydrogen-bond donors (Lipinski definition) is 0. The molecular weight excluding hydrogens is 387 g/mol. The Labute approximate surface area is 163 Å². The van der Waals surface area contributed by atoms with Crippen LogP contribution in [0, 0.1) is 18.6 Å². The van der Waals surface area contributed by atoms with Crippen LogP contribution in [0.4, 0.5) is 22.0 Å². The SMILES string of the molecule is Cc1cccc(Cn2nc3c(C(F)(F)F)cccc3c2-c2ccc(F)c(F)c2)c1. The highest BCUT2D eigenvalue weighted by atomic mass is 19.4. The molecular formula is C22H15F5N2. The zero-order valence-electron chi connectivity index (χ0n) is 15.3. The first-order chi connectivity index (χ1) is 13.7. The van der Waals surface area contributed by atoms with Crippen molar-refractivity contribution in [2.45, 2.75) is 19.6 Å². The van der Waals surface area contributed by atoms with Gasteiger partial charge in [-0.3, -0.25) is 4.68 Å². The van der Waals surface area contributed by atoms with Gasteiger partial charge in [-0.15, -0.1) is 0 Å². The molecule has 0 unspecified atom stereocenters. The monoisotopic (exact) mass is 402 g/mol. The second kappa shape index (κ2) is 6.99. The second-order valence-electron chi connectivity index (χ2n) is 6.82. The number of alkyl halides is 3. The zero-order valence-corrected chi connectivity index (χ0v) is 15.3. The molecule has 1 aromatic heterocycles. The summed E-state index contributed by atoms with van der Waals surface area (Å²) in [5.74, 6) is -2.11. The second-order valence-corrected chi connectivity index (χ2v) is 6.82. The van der Waals surface area contributed by atoms with Gasteiger partial charge in [0.25, 0.3) is 0 Å². The van der Waals surface area contributed by atoms with Gasteiger partial charge in [0.2, 0.25) is 0 Å². The smallest absolute Gasteiger partial charge is 0.259 e. The number of fused-ring (bicyclic) bond motifs is 1. The third-order valence-corrected chi connectivity index (χ3v) is 4.68. The predicted octanol–water partition coefficient (Wildman–Crippen LogP) is 6.36. The van der Waals surface area contributed by atoms with Gasteiger partial charge in [-0.1, -0.05) is 42.0 Å². The minimum absolute atomic E-state index is 0.183. The van der Waals surface area contributed by atoms with Gasteiger partial charge in [0, 0.05) is 10.9 Å². The van der Waals surface area contributed by atoms with Crippen molar-refractivity contribution in [1.82, 2.24) is 9.78 Å². The molecule has 0 aliphatic heterocycles. The Balaban J connectivity index is 1.98. The van der Waals surface area contributed by atoms with E-state index in [0.717, 1.165) is 29.3 Å². The summed E-state index contributed by atoms with van der Waals surface area (Å²) >= 11 is 0. The molecule has 0 radical (unpaired) electrons. The summed E-state index contributed by atoms with van der Waals surface area (Å²) in [6, 6.07) is 14.5. The molecule has 0 N–H and O–H groups in total. The van der Waals surface area contributed by atoms with Crippen molar-refractivity contribution in [3.05, 3.63) is 89.0 Å². The number of halogens is 5. The zero-order chi connectivity index (χ0) is 20.8. The molecule has 0 amide bonds. The summed E-state index contributed by atoms with van der Waals surface area (Å²) in [4.78, 5) is 0. The van der Waals surface area contributed by atoms with Crippen molar-refractivity contribution < 1.29 is 22.0 Å². The summed E-state index contributed by atoms with van der Waals surface area (Å²) in [5, 5.41) is 4.43. The lowest BCUT2D eigenvalue weighted by Gasteiger charge is -2.09. The van der Waals surface area contributed by atoms with E-state index in [0.29, 0.717) is 5.69 Å². The minimum atomic E-state index is -4.59. The summed E-state index contributed by atoms with van der Waals surface area (Å²) in [7, 11) is 0. The van der Waals surface area contributed by atoms with Crippen molar-refractivity contribution in [2.75, 3.05) is 0 Å². The normalized spacial score (nSPS) is 11.9. The lowest BCUT2D eigenvalue weighted by atomic mass is 10.0. The summed E-state index contributed by atoms with van der Waals surface area (Å²) in [5.41, 5.74) is 1.26. The molecule has 0 saturated heterocycles. The fourth-order valence-electron chi connectivity index (χ4n) is 3.43. The Kier molecular flexibility index (Phi) is 4.61. The van der Waals surface area contributed by atoms with Crippen molar-refractivity contribution in [3.8, 4) is 11.3 Å². The molecule has 1 heterocycles. The van der Waals surface area contributed by atoms with E-state index < -0.39 is 23.4 Å². The van der Waals surface area contributed by atoms with E-state index in [-0.39, 0.29) is 23.0 Å². The Morgan fingerprint density at radius 1 is 0.897 bits per heavy atom. The fraction of sp³-hybridized carbons (Fsp3) is 0.136. The number of hydrogen-bond acceptors (Lipinski definition) is 1. The van der Waals surface area contributed by atoms with Gasteiger partial charge >= 0.3 is 6.18 Å². The molecule has 0 atom stereocenters. The van der Waals surface area contributed by atoms with Gasteiger partial charge < -0.3 is 0 Å². The molecule has 0 fully saturated rings. The molecule has 0 saturated carbocycles. The van der Waals surface area contributed by atoms with Crippen molar-refractivity contribution in [2.24, 2.45) is 0 Å².